The van der Waals surface area contributed by atoms with Crippen molar-refractivity contribution in [3.63, 3.8) is 0 Å². The zero-order valence-electron chi connectivity index (χ0n) is 33.9. The van der Waals surface area contributed by atoms with Gasteiger partial charge in [0, 0.05) is 13.0 Å². The highest BCUT2D eigenvalue weighted by Crippen LogP contribution is 2.43. The van der Waals surface area contributed by atoms with Crippen LogP contribution in [0.2, 0.25) is 0 Å². The SMILES string of the molecule is CCCCCCC/C=C\C/C=C\CCCCCCCCCCCC(=O)OC(COCCCCCCCCCCCC)COP(=O)(O)OCC(N)C(=O)O. The first-order valence-corrected chi connectivity index (χ1v) is 22.9. The van der Waals surface area contributed by atoms with Crippen molar-refractivity contribution < 1.29 is 42.7 Å². The molecule has 11 heteroatoms. The summed E-state index contributed by atoms with van der Waals surface area (Å²) in [5.74, 6) is -1.78. The van der Waals surface area contributed by atoms with Crippen LogP contribution in [0.1, 0.15) is 194 Å². The van der Waals surface area contributed by atoms with Crippen molar-refractivity contribution in [1.29, 1.82) is 0 Å². The van der Waals surface area contributed by atoms with Gasteiger partial charge in [0.1, 0.15) is 12.1 Å². The number of phosphoric acid groups is 1. The van der Waals surface area contributed by atoms with Crippen molar-refractivity contribution >= 4 is 19.8 Å². The molecular weight excluding hydrogens is 693 g/mol. The van der Waals surface area contributed by atoms with Crippen LogP contribution in [0.15, 0.2) is 24.3 Å². The maximum absolute atomic E-state index is 12.6. The topological polar surface area (TPSA) is 155 Å². The minimum atomic E-state index is -4.61. The van der Waals surface area contributed by atoms with Crippen LogP contribution in [-0.2, 0) is 32.7 Å². The number of hydrogen-bond donors (Lipinski definition) is 3. The van der Waals surface area contributed by atoms with Gasteiger partial charge >= 0.3 is 19.8 Å². The summed E-state index contributed by atoms with van der Waals surface area (Å²) in [6.07, 6.45) is 40.9. The largest absolute Gasteiger partial charge is 0.480 e. The number of hydrogen-bond acceptors (Lipinski definition) is 8. The second kappa shape index (κ2) is 38.7. The molecule has 0 amide bonds. The predicted molar refractivity (Wildman–Crippen MR) is 217 cm³/mol. The number of esters is 1. The molecule has 0 aliphatic rings. The van der Waals surface area contributed by atoms with E-state index in [2.05, 4.69) is 38.2 Å². The second-order valence-electron chi connectivity index (χ2n) is 14.5. The molecule has 0 saturated carbocycles. The molecule has 0 fully saturated rings. The molecule has 0 aromatic rings. The zero-order chi connectivity index (χ0) is 39.1. The van der Waals surface area contributed by atoms with Crippen molar-refractivity contribution in [3.05, 3.63) is 24.3 Å². The first-order valence-electron chi connectivity index (χ1n) is 21.4. The molecule has 0 spiro atoms. The molecule has 0 aromatic heterocycles. The van der Waals surface area contributed by atoms with Crippen LogP contribution in [0.5, 0.6) is 0 Å². The molecule has 10 nitrogen and oxygen atoms in total. The number of carboxylic acid groups (broad SMARTS) is 1. The third-order valence-corrected chi connectivity index (χ3v) is 10.2. The number of carbonyl (C=O) groups is 2. The summed E-state index contributed by atoms with van der Waals surface area (Å²) in [5, 5.41) is 8.87. The van der Waals surface area contributed by atoms with Crippen LogP contribution in [0.3, 0.4) is 0 Å². The van der Waals surface area contributed by atoms with Gasteiger partial charge in [-0.2, -0.15) is 0 Å². The summed E-state index contributed by atoms with van der Waals surface area (Å²) < 4.78 is 33.3. The van der Waals surface area contributed by atoms with E-state index in [0.29, 0.717) is 13.0 Å². The lowest BCUT2D eigenvalue weighted by Gasteiger charge is -2.20. The van der Waals surface area contributed by atoms with Crippen LogP contribution in [0.25, 0.3) is 0 Å². The Bertz CT molecular complexity index is 946. The third kappa shape index (κ3) is 38.5. The fraction of sp³-hybridized carbons (Fsp3) is 0.857. The lowest BCUT2D eigenvalue weighted by atomic mass is 10.1. The number of rotatable bonds is 41. The maximum Gasteiger partial charge on any atom is 0.472 e. The summed E-state index contributed by atoms with van der Waals surface area (Å²) in [6.45, 7) is 3.87. The number of nitrogens with two attached hydrogens (primary N) is 1. The minimum absolute atomic E-state index is 0.0186. The van der Waals surface area contributed by atoms with E-state index in [1.54, 1.807) is 0 Å². The van der Waals surface area contributed by atoms with Gasteiger partial charge in [0.05, 0.1) is 19.8 Å². The van der Waals surface area contributed by atoms with Crippen LogP contribution in [0.4, 0.5) is 0 Å². The molecule has 53 heavy (non-hydrogen) atoms. The first-order chi connectivity index (χ1) is 25.7. The van der Waals surface area contributed by atoms with E-state index >= 15 is 0 Å². The highest BCUT2D eigenvalue weighted by atomic mass is 31.2. The Morgan fingerprint density at radius 1 is 0.604 bits per heavy atom. The van der Waals surface area contributed by atoms with Crippen LogP contribution >= 0.6 is 7.82 Å². The van der Waals surface area contributed by atoms with Gasteiger partial charge in [-0.05, 0) is 44.9 Å². The van der Waals surface area contributed by atoms with Gasteiger partial charge in [-0.25, -0.2) is 4.57 Å². The lowest BCUT2D eigenvalue weighted by molar-refractivity contribution is -0.154. The van der Waals surface area contributed by atoms with E-state index in [-0.39, 0.29) is 13.0 Å². The highest BCUT2D eigenvalue weighted by Gasteiger charge is 2.27. The molecule has 0 radical (unpaired) electrons. The molecule has 3 unspecified atom stereocenters. The van der Waals surface area contributed by atoms with E-state index in [4.69, 9.17) is 29.4 Å². The third-order valence-electron chi connectivity index (χ3n) is 9.23. The summed E-state index contributed by atoms with van der Waals surface area (Å²) in [5.41, 5.74) is 5.34. The smallest absolute Gasteiger partial charge is 0.472 e. The Balaban J connectivity index is 4.16. The number of unbranched alkanes of at least 4 members (excludes halogenated alkanes) is 23. The fourth-order valence-electron chi connectivity index (χ4n) is 5.87. The number of carbonyl (C=O) groups excluding carboxylic acids is 1. The number of carboxylic acids is 1. The first kappa shape index (κ1) is 51.5. The molecule has 0 aromatic carbocycles. The Morgan fingerprint density at radius 3 is 1.53 bits per heavy atom. The van der Waals surface area contributed by atoms with E-state index in [9.17, 15) is 19.0 Å². The highest BCUT2D eigenvalue weighted by molar-refractivity contribution is 7.47. The Kier molecular flexibility index (Phi) is 37.6. The summed E-state index contributed by atoms with van der Waals surface area (Å²) in [6, 6.07) is -1.47. The van der Waals surface area contributed by atoms with Crippen molar-refractivity contribution in [2.24, 2.45) is 5.73 Å². The number of phosphoric ester groups is 1. The number of aliphatic carboxylic acids is 1. The van der Waals surface area contributed by atoms with Crippen LogP contribution in [0, 0.1) is 0 Å². The normalized spacial score (nSPS) is 14.2. The second-order valence-corrected chi connectivity index (χ2v) is 15.9. The van der Waals surface area contributed by atoms with E-state index in [1.807, 2.05) is 0 Å². The average Bonchev–Trinajstić information content (AvgIpc) is 3.13. The van der Waals surface area contributed by atoms with Crippen LogP contribution in [-0.4, -0.2) is 60.5 Å². The molecule has 0 saturated heterocycles. The molecule has 3 atom stereocenters. The Hall–Kier alpha value is -1.55. The van der Waals surface area contributed by atoms with Gasteiger partial charge < -0.3 is 25.2 Å². The predicted octanol–water partition coefficient (Wildman–Crippen LogP) is 11.5. The summed E-state index contributed by atoms with van der Waals surface area (Å²) in [7, 11) is -4.61. The van der Waals surface area contributed by atoms with Crippen molar-refractivity contribution in [2.75, 3.05) is 26.4 Å². The molecular formula is C42H80NO9P. The Labute approximate surface area is 324 Å². The quantitative estimate of drug-likeness (QED) is 0.0237. The van der Waals surface area contributed by atoms with Gasteiger partial charge in [0.15, 0.2) is 0 Å². The van der Waals surface area contributed by atoms with Crippen molar-refractivity contribution in [1.82, 2.24) is 0 Å². The molecule has 4 N–H and O–H groups in total. The molecule has 312 valence electrons. The molecule has 0 rings (SSSR count). The average molecular weight is 774 g/mol. The zero-order valence-corrected chi connectivity index (χ0v) is 34.8. The van der Waals surface area contributed by atoms with E-state index in [0.717, 1.165) is 51.4 Å². The maximum atomic E-state index is 12.6. The van der Waals surface area contributed by atoms with Crippen molar-refractivity contribution in [2.45, 2.75) is 206 Å². The number of allylic oxidation sites excluding steroid dienone is 4. The van der Waals surface area contributed by atoms with Gasteiger partial charge in [0.2, 0.25) is 0 Å². The van der Waals surface area contributed by atoms with Crippen LogP contribution < -0.4 is 5.73 Å². The minimum Gasteiger partial charge on any atom is -0.480 e. The fourth-order valence-corrected chi connectivity index (χ4v) is 6.65. The Morgan fingerprint density at radius 2 is 1.04 bits per heavy atom. The van der Waals surface area contributed by atoms with E-state index in [1.165, 1.54) is 116 Å². The monoisotopic (exact) mass is 774 g/mol. The molecule has 0 heterocycles. The van der Waals surface area contributed by atoms with Crippen molar-refractivity contribution in [3.8, 4) is 0 Å². The summed E-state index contributed by atoms with van der Waals surface area (Å²) >= 11 is 0. The lowest BCUT2D eigenvalue weighted by Crippen LogP contribution is -2.34. The summed E-state index contributed by atoms with van der Waals surface area (Å²) in [4.78, 5) is 33.5. The number of ether oxygens (including phenoxy) is 2. The standard InChI is InChI=1S/C42H80NO9P/c1-3-5-7-9-11-13-15-16-17-18-19-20-21-22-23-24-25-26-28-30-32-34-41(44)52-39(37-50-53(47,48)51-38-40(43)42(45)46)36-49-35-33-31-29-27-14-12-10-8-6-4-2/h15-16,18-19,39-40H,3-14,17,20-38,43H2,1-2H3,(H,45,46)(H,47,48)/b16-15-,19-18-. The molecule has 0 aliphatic carbocycles. The van der Waals surface area contributed by atoms with E-state index < -0.39 is 45.1 Å². The molecule has 0 bridgehead atoms. The van der Waals surface area contributed by atoms with Gasteiger partial charge in [0.25, 0.3) is 0 Å². The molecule has 0 aliphatic heterocycles. The van der Waals surface area contributed by atoms with Gasteiger partial charge in [-0.15, -0.1) is 0 Å². The van der Waals surface area contributed by atoms with Gasteiger partial charge in [-0.1, -0.05) is 167 Å². The van der Waals surface area contributed by atoms with Gasteiger partial charge in [-0.3, -0.25) is 18.6 Å².